The van der Waals surface area contributed by atoms with E-state index in [1.165, 1.54) is 98.1 Å². The van der Waals surface area contributed by atoms with E-state index in [0.717, 1.165) is 17.1 Å². The second kappa shape index (κ2) is 14.9. The van der Waals surface area contributed by atoms with E-state index in [4.69, 9.17) is 0 Å². The van der Waals surface area contributed by atoms with E-state index < -0.39 is 5.41 Å². The highest BCUT2D eigenvalue weighted by Crippen LogP contribution is 2.57. The summed E-state index contributed by atoms with van der Waals surface area (Å²) >= 11 is 1.88. The van der Waals surface area contributed by atoms with Crippen LogP contribution in [0.25, 0.3) is 64.7 Å². The lowest BCUT2D eigenvalue weighted by Crippen LogP contribution is -2.28. The molecular formula is C64H45NS. The Kier molecular flexibility index (Phi) is 8.72. The number of hydrogen-bond acceptors (Lipinski definition) is 2. The highest BCUT2D eigenvalue weighted by molar-refractivity contribution is 7.25. The summed E-state index contributed by atoms with van der Waals surface area (Å²) in [5.41, 5.74) is 20.9. The zero-order chi connectivity index (χ0) is 44.0. The van der Waals surface area contributed by atoms with Gasteiger partial charge in [-0.15, -0.1) is 11.3 Å². The van der Waals surface area contributed by atoms with E-state index in [2.05, 4.69) is 255 Å². The van der Waals surface area contributed by atoms with Gasteiger partial charge in [0.15, 0.2) is 0 Å². The van der Waals surface area contributed by atoms with Crippen molar-refractivity contribution in [1.29, 1.82) is 0 Å². The van der Waals surface area contributed by atoms with Gasteiger partial charge >= 0.3 is 0 Å². The number of fused-ring (bicyclic) bond motifs is 9. The quantitative estimate of drug-likeness (QED) is 0.154. The zero-order valence-corrected chi connectivity index (χ0v) is 37.7. The zero-order valence-electron chi connectivity index (χ0n) is 36.9. The van der Waals surface area contributed by atoms with E-state index in [9.17, 15) is 0 Å². The topological polar surface area (TPSA) is 3.24 Å². The second-order valence-electron chi connectivity index (χ2n) is 18.4. The molecule has 0 spiro atoms. The van der Waals surface area contributed by atoms with Crippen molar-refractivity contribution in [2.75, 3.05) is 4.90 Å². The van der Waals surface area contributed by atoms with Crippen molar-refractivity contribution in [3.8, 4) is 44.5 Å². The Bertz CT molecular complexity index is 3640. The summed E-state index contributed by atoms with van der Waals surface area (Å²) in [4.78, 5) is 2.44. The average Bonchev–Trinajstić information content (AvgIpc) is 3.98. The van der Waals surface area contributed by atoms with Crippen LogP contribution in [0.3, 0.4) is 0 Å². The van der Waals surface area contributed by atoms with Crippen LogP contribution < -0.4 is 4.90 Å². The van der Waals surface area contributed by atoms with Crippen molar-refractivity contribution in [3.05, 3.63) is 270 Å². The van der Waals surface area contributed by atoms with Gasteiger partial charge in [-0.3, -0.25) is 0 Å². The summed E-state index contributed by atoms with van der Waals surface area (Å²) in [6.45, 7) is 4.73. The second-order valence-corrected chi connectivity index (χ2v) is 19.5. The van der Waals surface area contributed by atoms with Crippen LogP contribution in [0.15, 0.2) is 237 Å². The molecule has 0 fully saturated rings. The van der Waals surface area contributed by atoms with E-state index in [1.54, 1.807) is 0 Å². The van der Waals surface area contributed by atoms with E-state index in [1.807, 2.05) is 11.3 Å². The molecule has 66 heavy (non-hydrogen) atoms. The van der Waals surface area contributed by atoms with E-state index in [0.29, 0.717) is 0 Å². The molecule has 2 heteroatoms. The van der Waals surface area contributed by atoms with Gasteiger partial charge in [0.05, 0.1) is 5.41 Å². The van der Waals surface area contributed by atoms with Crippen LogP contribution >= 0.6 is 11.3 Å². The summed E-state index contributed by atoms with van der Waals surface area (Å²) in [5.74, 6) is 0. The fraction of sp³-hybridized carbons (Fsp3) is 0.0625. The van der Waals surface area contributed by atoms with Gasteiger partial charge < -0.3 is 4.90 Å². The summed E-state index contributed by atoms with van der Waals surface area (Å²) in [5, 5.41) is 2.58. The standard InChI is InChI=1S/C64H45NS/c1-63(2)57-28-12-9-25-51(57)54-34-33-50(41-60(54)63)65(48-23-15-19-43(37-48)42-17-5-3-6-18-42)49-24-16-20-44(38-49)45-31-35-61-55(39-45)56-40-47(32-36-62(56)66-61)64(46-21-7-4-8-22-46)58-29-13-10-26-52(58)53-27-11-14-30-59(53)64/h3-41H,1-2H3. The minimum atomic E-state index is -0.445. The monoisotopic (exact) mass is 859 g/mol. The molecule has 0 bridgehead atoms. The molecule has 0 unspecified atom stereocenters. The normalized spacial score (nSPS) is 13.8. The lowest BCUT2D eigenvalue weighted by atomic mass is 9.67. The molecule has 11 aromatic rings. The molecule has 1 nitrogen and oxygen atoms in total. The van der Waals surface area contributed by atoms with Gasteiger partial charge in [0.2, 0.25) is 0 Å². The van der Waals surface area contributed by atoms with Gasteiger partial charge in [0, 0.05) is 42.6 Å². The largest absolute Gasteiger partial charge is 0.310 e. The van der Waals surface area contributed by atoms with E-state index >= 15 is 0 Å². The van der Waals surface area contributed by atoms with Crippen molar-refractivity contribution in [2.24, 2.45) is 0 Å². The maximum atomic E-state index is 2.50. The van der Waals surface area contributed by atoms with Crippen LogP contribution in [-0.4, -0.2) is 0 Å². The molecule has 2 aliphatic carbocycles. The number of rotatable bonds is 7. The predicted molar refractivity (Wildman–Crippen MR) is 280 cm³/mol. The van der Waals surface area contributed by atoms with Crippen LogP contribution in [0.1, 0.15) is 47.2 Å². The van der Waals surface area contributed by atoms with Crippen LogP contribution in [0.5, 0.6) is 0 Å². The van der Waals surface area contributed by atoms with Crippen LogP contribution in [0, 0.1) is 0 Å². The van der Waals surface area contributed by atoms with Gasteiger partial charge in [0.1, 0.15) is 0 Å². The Labute approximate surface area is 390 Å². The molecule has 0 N–H and O–H groups in total. The third-order valence-electron chi connectivity index (χ3n) is 14.5. The first kappa shape index (κ1) is 38.7. The average molecular weight is 860 g/mol. The van der Waals surface area contributed by atoms with Crippen LogP contribution in [0.2, 0.25) is 0 Å². The number of thiophene rings is 1. The van der Waals surface area contributed by atoms with Gasteiger partial charge in [-0.1, -0.05) is 190 Å². The Morgan fingerprint density at radius 2 is 0.803 bits per heavy atom. The van der Waals surface area contributed by atoms with Gasteiger partial charge in [0.25, 0.3) is 0 Å². The molecule has 0 atom stereocenters. The van der Waals surface area contributed by atoms with Crippen molar-refractivity contribution in [3.63, 3.8) is 0 Å². The Morgan fingerprint density at radius 1 is 0.318 bits per heavy atom. The van der Waals surface area contributed by atoms with Crippen LogP contribution in [0.4, 0.5) is 17.1 Å². The summed E-state index contributed by atoms with van der Waals surface area (Å²) in [7, 11) is 0. The molecular weight excluding hydrogens is 815 g/mol. The van der Waals surface area contributed by atoms with Gasteiger partial charge in [-0.2, -0.15) is 0 Å². The SMILES string of the molecule is CC1(C)c2ccccc2-c2ccc(N(c3cccc(-c4ccccc4)c3)c3cccc(-c4ccc5sc6ccc(C7(c8ccccc8)c8ccccc8-c8ccccc87)cc6c5c4)c3)cc21. The minimum Gasteiger partial charge on any atom is -0.310 e. The molecule has 0 saturated heterocycles. The molecule has 0 saturated carbocycles. The molecule has 10 aromatic carbocycles. The third-order valence-corrected chi connectivity index (χ3v) is 15.7. The Hall–Kier alpha value is -7.78. The highest BCUT2D eigenvalue weighted by atomic mass is 32.1. The minimum absolute atomic E-state index is 0.120. The lowest BCUT2D eigenvalue weighted by Gasteiger charge is -2.34. The van der Waals surface area contributed by atoms with Gasteiger partial charge in [-0.05, 0) is 139 Å². The van der Waals surface area contributed by atoms with Gasteiger partial charge in [-0.25, -0.2) is 0 Å². The van der Waals surface area contributed by atoms with Crippen molar-refractivity contribution >= 4 is 48.6 Å². The predicted octanol–water partition coefficient (Wildman–Crippen LogP) is 17.5. The number of anilines is 3. The van der Waals surface area contributed by atoms with Crippen LogP contribution in [-0.2, 0) is 10.8 Å². The Balaban J connectivity index is 0.962. The molecule has 1 heterocycles. The summed E-state index contributed by atoms with van der Waals surface area (Å²) in [6.07, 6.45) is 0. The molecule has 0 aliphatic heterocycles. The molecule has 13 rings (SSSR count). The maximum absolute atomic E-state index is 2.50. The van der Waals surface area contributed by atoms with Crippen molar-refractivity contribution in [1.82, 2.24) is 0 Å². The third kappa shape index (κ3) is 5.78. The lowest BCUT2D eigenvalue weighted by molar-refractivity contribution is 0.660. The molecule has 1 aromatic heterocycles. The number of benzene rings is 10. The summed E-state index contributed by atoms with van der Waals surface area (Å²) in [6, 6.07) is 88.2. The van der Waals surface area contributed by atoms with Crippen molar-refractivity contribution in [2.45, 2.75) is 24.7 Å². The molecule has 0 amide bonds. The van der Waals surface area contributed by atoms with Crippen molar-refractivity contribution < 1.29 is 0 Å². The highest BCUT2D eigenvalue weighted by Gasteiger charge is 2.46. The molecule has 0 radical (unpaired) electrons. The Morgan fingerprint density at radius 3 is 1.47 bits per heavy atom. The summed E-state index contributed by atoms with van der Waals surface area (Å²) < 4.78 is 2.60. The maximum Gasteiger partial charge on any atom is 0.0713 e. The first-order valence-electron chi connectivity index (χ1n) is 23.0. The molecule has 2 aliphatic rings. The number of nitrogens with zero attached hydrogens (tertiary/aromatic N) is 1. The number of hydrogen-bond donors (Lipinski definition) is 0. The van der Waals surface area contributed by atoms with E-state index in [-0.39, 0.29) is 5.41 Å². The molecule has 312 valence electrons. The fourth-order valence-electron chi connectivity index (χ4n) is 11.5. The first-order valence-corrected chi connectivity index (χ1v) is 23.8. The first-order chi connectivity index (χ1) is 32.5. The fourth-order valence-corrected chi connectivity index (χ4v) is 12.5. The smallest absolute Gasteiger partial charge is 0.0713 e.